The van der Waals surface area contributed by atoms with Gasteiger partial charge in [-0.2, -0.15) is 5.10 Å². The molecule has 108 valence electrons. The lowest BCUT2D eigenvalue weighted by Crippen LogP contribution is -2.39. The summed E-state index contributed by atoms with van der Waals surface area (Å²) in [6.45, 7) is 0. The topological polar surface area (TPSA) is 108 Å². The van der Waals surface area contributed by atoms with E-state index in [9.17, 15) is 14.4 Å². The molecule has 0 spiro atoms. The molecule has 2 heterocycles. The Kier molecular flexibility index (Phi) is 3.39. The van der Waals surface area contributed by atoms with Crippen molar-refractivity contribution in [2.75, 3.05) is 0 Å². The van der Waals surface area contributed by atoms with E-state index in [-0.39, 0.29) is 23.1 Å². The maximum absolute atomic E-state index is 12.1. The van der Waals surface area contributed by atoms with Crippen LogP contribution in [0.15, 0.2) is 34.0 Å². The van der Waals surface area contributed by atoms with Crippen molar-refractivity contribution in [2.45, 2.75) is 25.3 Å². The van der Waals surface area contributed by atoms with Crippen LogP contribution in [-0.4, -0.2) is 27.1 Å². The Balaban J connectivity index is 1.72. The Morgan fingerprint density at radius 3 is 2.90 bits per heavy atom. The van der Waals surface area contributed by atoms with Gasteiger partial charge in [0, 0.05) is 24.4 Å². The highest BCUT2D eigenvalue weighted by molar-refractivity contribution is 5.94. The van der Waals surface area contributed by atoms with Gasteiger partial charge in [-0.1, -0.05) is 0 Å². The second-order valence-electron chi connectivity index (χ2n) is 5.06. The zero-order chi connectivity index (χ0) is 14.8. The van der Waals surface area contributed by atoms with Gasteiger partial charge in [0.2, 0.25) is 5.56 Å². The molecule has 1 aliphatic carbocycles. The van der Waals surface area contributed by atoms with E-state index < -0.39 is 0 Å². The Labute approximate surface area is 119 Å². The Morgan fingerprint density at radius 1 is 1.29 bits per heavy atom. The fraction of sp³-hybridized carbons (Fsp3) is 0.286. The van der Waals surface area contributed by atoms with Crippen LogP contribution in [0, 0.1) is 0 Å². The van der Waals surface area contributed by atoms with E-state index >= 15 is 0 Å². The van der Waals surface area contributed by atoms with Gasteiger partial charge < -0.3 is 10.3 Å². The molecule has 2 aromatic heterocycles. The summed E-state index contributed by atoms with van der Waals surface area (Å²) < 4.78 is 0. The number of aryl methyl sites for hydroxylation is 1. The molecule has 0 radical (unpaired) electrons. The molecular formula is C14H14N4O3. The summed E-state index contributed by atoms with van der Waals surface area (Å²) >= 11 is 0. The number of hydrogen-bond donors (Lipinski definition) is 3. The number of nitrogens with zero attached hydrogens (tertiary/aromatic N) is 1. The Morgan fingerprint density at radius 2 is 2.14 bits per heavy atom. The normalized spacial score (nSPS) is 17.0. The molecule has 7 nitrogen and oxygen atoms in total. The minimum Gasteiger partial charge on any atom is -0.349 e. The molecule has 1 amide bonds. The average Bonchev–Trinajstić information content (AvgIpc) is 2.47. The van der Waals surface area contributed by atoms with Gasteiger partial charge >= 0.3 is 0 Å². The van der Waals surface area contributed by atoms with E-state index in [0.29, 0.717) is 18.4 Å². The summed E-state index contributed by atoms with van der Waals surface area (Å²) in [5.41, 5.74) is 1.68. The van der Waals surface area contributed by atoms with Gasteiger partial charge in [0.25, 0.3) is 11.5 Å². The van der Waals surface area contributed by atoms with E-state index in [1.807, 2.05) is 0 Å². The van der Waals surface area contributed by atoms with E-state index in [2.05, 4.69) is 20.5 Å². The van der Waals surface area contributed by atoms with Crippen molar-refractivity contribution in [3.05, 3.63) is 61.9 Å². The first-order chi connectivity index (χ1) is 10.1. The van der Waals surface area contributed by atoms with Crippen molar-refractivity contribution < 1.29 is 4.79 Å². The third-order valence-corrected chi connectivity index (χ3v) is 3.55. The number of carbonyl (C=O) groups is 1. The summed E-state index contributed by atoms with van der Waals surface area (Å²) in [5.74, 6) is -0.238. The SMILES string of the molecule is O=C(NC1CCc2n[nH]c(=O)cc2C1)c1ccc(=O)[nH]c1. The minimum atomic E-state index is -0.247. The van der Waals surface area contributed by atoms with Gasteiger partial charge in [-0.3, -0.25) is 14.4 Å². The molecule has 0 saturated heterocycles. The van der Waals surface area contributed by atoms with Crippen molar-refractivity contribution in [1.82, 2.24) is 20.5 Å². The number of hydrogen-bond acceptors (Lipinski definition) is 4. The molecule has 0 aliphatic heterocycles. The molecule has 0 aromatic carbocycles. The molecule has 3 rings (SSSR count). The van der Waals surface area contributed by atoms with Gasteiger partial charge in [-0.05, 0) is 30.9 Å². The lowest BCUT2D eigenvalue weighted by atomic mass is 9.92. The third-order valence-electron chi connectivity index (χ3n) is 3.55. The molecule has 21 heavy (non-hydrogen) atoms. The Bertz CT molecular complexity index is 773. The van der Waals surface area contributed by atoms with Crippen LogP contribution in [0.25, 0.3) is 0 Å². The highest BCUT2D eigenvalue weighted by Gasteiger charge is 2.22. The Hall–Kier alpha value is -2.70. The monoisotopic (exact) mass is 286 g/mol. The quantitative estimate of drug-likeness (QED) is 0.707. The van der Waals surface area contributed by atoms with Crippen LogP contribution < -0.4 is 16.4 Å². The van der Waals surface area contributed by atoms with Crippen LogP contribution in [0.3, 0.4) is 0 Å². The number of rotatable bonds is 2. The van der Waals surface area contributed by atoms with Crippen molar-refractivity contribution in [1.29, 1.82) is 0 Å². The van der Waals surface area contributed by atoms with Gasteiger partial charge in [-0.25, -0.2) is 5.10 Å². The van der Waals surface area contributed by atoms with Gasteiger partial charge in [0.05, 0.1) is 11.3 Å². The number of nitrogens with one attached hydrogen (secondary N) is 3. The molecule has 2 aromatic rings. The van der Waals surface area contributed by atoms with E-state index in [1.54, 1.807) is 0 Å². The first kappa shape index (κ1) is 13.3. The van der Waals surface area contributed by atoms with Crippen LogP contribution in [0.5, 0.6) is 0 Å². The summed E-state index contributed by atoms with van der Waals surface area (Å²) in [5, 5.41) is 9.34. The second kappa shape index (κ2) is 5.35. The zero-order valence-corrected chi connectivity index (χ0v) is 11.2. The number of pyridine rings is 1. The average molecular weight is 286 g/mol. The molecule has 0 bridgehead atoms. The van der Waals surface area contributed by atoms with Crippen LogP contribution in [0.1, 0.15) is 28.0 Å². The fourth-order valence-electron chi connectivity index (χ4n) is 2.48. The van der Waals surface area contributed by atoms with E-state index in [1.165, 1.54) is 24.4 Å². The lowest BCUT2D eigenvalue weighted by Gasteiger charge is -2.24. The molecule has 1 atom stereocenters. The van der Waals surface area contributed by atoms with Crippen molar-refractivity contribution in [3.8, 4) is 0 Å². The molecule has 3 N–H and O–H groups in total. The summed E-state index contributed by atoms with van der Waals surface area (Å²) in [4.78, 5) is 36.8. The van der Waals surface area contributed by atoms with Crippen LogP contribution >= 0.6 is 0 Å². The molecule has 0 saturated carbocycles. The minimum absolute atomic E-state index is 0.0412. The second-order valence-corrected chi connectivity index (χ2v) is 5.06. The van der Waals surface area contributed by atoms with Crippen molar-refractivity contribution in [3.63, 3.8) is 0 Å². The fourth-order valence-corrected chi connectivity index (χ4v) is 2.48. The standard InChI is InChI=1S/C14H14N4O3/c19-12-4-1-8(7-15-12)14(21)16-10-2-3-11-9(5-10)6-13(20)18-17-11/h1,4,6-7,10H,2-3,5H2,(H,15,19)(H,16,21)(H,18,20). The zero-order valence-electron chi connectivity index (χ0n) is 11.2. The van der Waals surface area contributed by atoms with Gasteiger partial charge in [-0.15, -0.1) is 0 Å². The predicted molar refractivity (Wildman–Crippen MR) is 75.2 cm³/mol. The first-order valence-electron chi connectivity index (χ1n) is 6.69. The summed E-state index contributed by atoms with van der Waals surface area (Å²) in [7, 11) is 0. The van der Waals surface area contributed by atoms with Gasteiger partial charge in [0.1, 0.15) is 0 Å². The number of aromatic nitrogens is 3. The lowest BCUT2D eigenvalue weighted by molar-refractivity contribution is 0.0933. The summed E-state index contributed by atoms with van der Waals surface area (Å²) in [6.07, 6.45) is 3.45. The first-order valence-corrected chi connectivity index (χ1v) is 6.69. The number of H-pyrrole nitrogens is 2. The van der Waals surface area contributed by atoms with Crippen molar-refractivity contribution in [2.24, 2.45) is 0 Å². The van der Waals surface area contributed by atoms with Crippen LogP contribution in [0.4, 0.5) is 0 Å². The number of aromatic amines is 2. The van der Waals surface area contributed by atoms with Crippen LogP contribution in [-0.2, 0) is 12.8 Å². The molecule has 0 fully saturated rings. The van der Waals surface area contributed by atoms with E-state index in [4.69, 9.17) is 0 Å². The maximum atomic E-state index is 12.1. The highest BCUT2D eigenvalue weighted by Crippen LogP contribution is 2.17. The maximum Gasteiger partial charge on any atom is 0.264 e. The largest absolute Gasteiger partial charge is 0.349 e. The molecule has 1 aliphatic rings. The third kappa shape index (κ3) is 2.91. The van der Waals surface area contributed by atoms with Crippen LogP contribution in [0.2, 0.25) is 0 Å². The number of carbonyl (C=O) groups excluding carboxylic acids is 1. The predicted octanol–water partition coefficient (Wildman–Crippen LogP) is -0.255. The smallest absolute Gasteiger partial charge is 0.264 e. The molecular weight excluding hydrogens is 272 g/mol. The number of amides is 1. The van der Waals surface area contributed by atoms with Crippen molar-refractivity contribution >= 4 is 5.91 Å². The molecule has 7 heteroatoms. The summed E-state index contributed by atoms with van der Waals surface area (Å²) in [6, 6.07) is 4.28. The molecule has 1 unspecified atom stereocenters. The van der Waals surface area contributed by atoms with Gasteiger partial charge in [0.15, 0.2) is 0 Å². The number of fused-ring (bicyclic) bond motifs is 1. The van der Waals surface area contributed by atoms with E-state index in [0.717, 1.165) is 17.7 Å². The highest BCUT2D eigenvalue weighted by atomic mass is 16.2.